The van der Waals surface area contributed by atoms with Crippen LogP contribution in [0.3, 0.4) is 0 Å². The maximum Gasteiger partial charge on any atom is 0.127 e. The van der Waals surface area contributed by atoms with E-state index in [1.807, 2.05) is 6.92 Å². The van der Waals surface area contributed by atoms with Gasteiger partial charge in [0.25, 0.3) is 0 Å². The molecule has 112 valence electrons. The smallest absolute Gasteiger partial charge is 0.127 e. The minimum absolute atomic E-state index is 0.0109. The summed E-state index contributed by atoms with van der Waals surface area (Å²) in [6.45, 7) is 2.26. The fraction of sp³-hybridized carbons (Fsp3) is 0.294. The summed E-state index contributed by atoms with van der Waals surface area (Å²) in [5, 5.41) is 0. The topological polar surface area (TPSA) is 35.2 Å². The first-order valence-corrected chi connectivity index (χ1v) is 6.99. The summed E-state index contributed by atoms with van der Waals surface area (Å²) in [6.07, 6.45) is 1.45. The molecule has 0 aliphatic heterocycles. The molecular formula is C17H19F2NO. The Balaban J connectivity index is 2.04. The molecule has 2 aromatic rings. The van der Waals surface area contributed by atoms with Crippen LogP contribution in [0.2, 0.25) is 0 Å². The molecule has 1 unspecified atom stereocenters. The SMILES string of the molecule is CCC(N)Cc1cc(F)cc(OCc2ccc(F)cc2)c1. The van der Waals surface area contributed by atoms with Crippen molar-refractivity contribution < 1.29 is 13.5 Å². The molecule has 2 N–H and O–H groups in total. The van der Waals surface area contributed by atoms with E-state index in [9.17, 15) is 8.78 Å². The second kappa shape index (κ2) is 7.18. The van der Waals surface area contributed by atoms with E-state index in [2.05, 4.69) is 0 Å². The van der Waals surface area contributed by atoms with Gasteiger partial charge in [-0.1, -0.05) is 19.1 Å². The zero-order valence-electron chi connectivity index (χ0n) is 12.0. The highest BCUT2D eigenvalue weighted by molar-refractivity contribution is 5.30. The number of halogens is 2. The quantitative estimate of drug-likeness (QED) is 0.878. The molecule has 4 heteroatoms. The third-order valence-electron chi connectivity index (χ3n) is 3.27. The summed E-state index contributed by atoms with van der Waals surface area (Å²) >= 11 is 0. The molecule has 2 nitrogen and oxygen atoms in total. The van der Waals surface area contributed by atoms with E-state index in [-0.39, 0.29) is 24.3 Å². The Labute approximate surface area is 123 Å². The van der Waals surface area contributed by atoms with E-state index in [0.29, 0.717) is 12.2 Å². The number of hydrogen-bond acceptors (Lipinski definition) is 2. The van der Waals surface area contributed by atoms with Gasteiger partial charge in [0.2, 0.25) is 0 Å². The lowest BCUT2D eigenvalue weighted by Gasteiger charge is -2.11. The molecule has 0 fully saturated rings. The lowest BCUT2D eigenvalue weighted by Crippen LogP contribution is -2.21. The molecule has 0 aliphatic carbocycles. The molecule has 0 aromatic heterocycles. The van der Waals surface area contributed by atoms with Crippen LogP contribution < -0.4 is 10.5 Å². The third kappa shape index (κ3) is 4.83. The van der Waals surface area contributed by atoms with Crippen molar-refractivity contribution in [1.82, 2.24) is 0 Å². The van der Waals surface area contributed by atoms with Crippen LogP contribution in [0.5, 0.6) is 5.75 Å². The normalized spacial score (nSPS) is 12.2. The van der Waals surface area contributed by atoms with E-state index >= 15 is 0 Å². The molecule has 0 radical (unpaired) electrons. The summed E-state index contributed by atoms with van der Waals surface area (Å²) in [5.41, 5.74) is 7.53. The van der Waals surface area contributed by atoms with E-state index in [1.54, 1.807) is 18.2 Å². The molecular weight excluding hydrogens is 272 g/mol. The van der Waals surface area contributed by atoms with Crippen LogP contribution >= 0.6 is 0 Å². The van der Waals surface area contributed by atoms with Crippen molar-refractivity contribution >= 4 is 0 Å². The first-order valence-electron chi connectivity index (χ1n) is 6.99. The summed E-state index contributed by atoms with van der Waals surface area (Å²) in [4.78, 5) is 0. The van der Waals surface area contributed by atoms with Gasteiger partial charge in [-0.3, -0.25) is 0 Å². The van der Waals surface area contributed by atoms with Crippen LogP contribution in [-0.2, 0) is 13.0 Å². The summed E-state index contributed by atoms with van der Waals surface area (Å²) < 4.78 is 32.0. The zero-order chi connectivity index (χ0) is 15.2. The van der Waals surface area contributed by atoms with Gasteiger partial charge in [-0.25, -0.2) is 8.78 Å². The Morgan fingerprint density at radius 3 is 2.38 bits per heavy atom. The maximum absolute atomic E-state index is 13.6. The van der Waals surface area contributed by atoms with Crippen molar-refractivity contribution in [2.24, 2.45) is 5.73 Å². The Kier molecular flexibility index (Phi) is 5.28. The number of benzene rings is 2. The Hall–Kier alpha value is -1.94. The second-order valence-corrected chi connectivity index (χ2v) is 5.08. The van der Waals surface area contributed by atoms with Gasteiger partial charge in [0.1, 0.15) is 24.0 Å². The summed E-state index contributed by atoms with van der Waals surface area (Å²) in [5.74, 6) is -0.178. The first-order chi connectivity index (χ1) is 10.1. The van der Waals surface area contributed by atoms with Crippen molar-refractivity contribution in [3.8, 4) is 5.75 Å². The Morgan fingerprint density at radius 2 is 1.71 bits per heavy atom. The number of ether oxygens (including phenoxy) is 1. The number of hydrogen-bond donors (Lipinski definition) is 1. The minimum atomic E-state index is -0.343. The highest BCUT2D eigenvalue weighted by Gasteiger charge is 2.06. The second-order valence-electron chi connectivity index (χ2n) is 5.08. The molecule has 0 aliphatic rings. The molecule has 2 rings (SSSR count). The van der Waals surface area contributed by atoms with Crippen LogP contribution in [0.1, 0.15) is 24.5 Å². The molecule has 0 spiro atoms. The first kappa shape index (κ1) is 15.4. The summed E-state index contributed by atoms with van der Waals surface area (Å²) in [6, 6.07) is 10.6. The lowest BCUT2D eigenvalue weighted by atomic mass is 10.0. The Bertz CT molecular complexity index is 584. The van der Waals surface area contributed by atoms with Gasteiger partial charge in [0.05, 0.1) is 0 Å². The van der Waals surface area contributed by atoms with Crippen molar-refractivity contribution in [3.63, 3.8) is 0 Å². The molecule has 0 saturated carbocycles. The van der Waals surface area contributed by atoms with Crippen LogP contribution in [0.15, 0.2) is 42.5 Å². The van der Waals surface area contributed by atoms with Gasteiger partial charge >= 0.3 is 0 Å². The molecule has 21 heavy (non-hydrogen) atoms. The van der Waals surface area contributed by atoms with Crippen molar-refractivity contribution in [2.75, 3.05) is 0 Å². The third-order valence-corrected chi connectivity index (χ3v) is 3.27. The van der Waals surface area contributed by atoms with Gasteiger partial charge in [-0.15, -0.1) is 0 Å². The van der Waals surface area contributed by atoms with Gasteiger partial charge in [0.15, 0.2) is 0 Å². The van der Waals surface area contributed by atoms with Gasteiger partial charge in [-0.2, -0.15) is 0 Å². The van der Waals surface area contributed by atoms with E-state index in [4.69, 9.17) is 10.5 Å². The maximum atomic E-state index is 13.6. The highest BCUT2D eigenvalue weighted by atomic mass is 19.1. The van der Waals surface area contributed by atoms with E-state index in [0.717, 1.165) is 17.5 Å². The van der Waals surface area contributed by atoms with Crippen LogP contribution in [0, 0.1) is 11.6 Å². The van der Waals surface area contributed by atoms with Crippen molar-refractivity contribution in [1.29, 1.82) is 0 Å². The standard InChI is InChI=1S/C17H19F2NO/c1-2-16(20)8-13-7-15(19)10-17(9-13)21-11-12-3-5-14(18)6-4-12/h3-7,9-10,16H,2,8,11,20H2,1H3. The monoisotopic (exact) mass is 291 g/mol. The molecule has 0 bridgehead atoms. The number of nitrogens with two attached hydrogens (primary N) is 1. The predicted molar refractivity (Wildman–Crippen MR) is 79.1 cm³/mol. The minimum Gasteiger partial charge on any atom is -0.489 e. The molecule has 0 saturated heterocycles. The predicted octanol–water partition coefficient (Wildman–Crippen LogP) is 3.82. The van der Waals surface area contributed by atoms with Crippen molar-refractivity contribution in [3.05, 3.63) is 65.2 Å². The molecule has 2 aromatic carbocycles. The van der Waals surface area contributed by atoms with Gasteiger partial charge in [-0.05, 0) is 48.2 Å². The number of rotatable bonds is 6. The van der Waals surface area contributed by atoms with Crippen molar-refractivity contribution in [2.45, 2.75) is 32.4 Å². The summed E-state index contributed by atoms with van der Waals surface area (Å²) in [7, 11) is 0. The highest BCUT2D eigenvalue weighted by Crippen LogP contribution is 2.19. The fourth-order valence-corrected chi connectivity index (χ4v) is 2.02. The van der Waals surface area contributed by atoms with E-state index in [1.165, 1.54) is 24.3 Å². The fourth-order valence-electron chi connectivity index (χ4n) is 2.02. The largest absolute Gasteiger partial charge is 0.489 e. The van der Waals surface area contributed by atoms with Crippen LogP contribution in [0.4, 0.5) is 8.78 Å². The van der Waals surface area contributed by atoms with Crippen LogP contribution in [-0.4, -0.2) is 6.04 Å². The average molecular weight is 291 g/mol. The van der Waals surface area contributed by atoms with Gasteiger partial charge in [0, 0.05) is 12.1 Å². The van der Waals surface area contributed by atoms with Crippen LogP contribution in [0.25, 0.3) is 0 Å². The zero-order valence-corrected chi connectivity index (χ0v) is 12.0. The molecule has 0 amide bonds. The Morgan fingerprint density at radius 1 is 1.00 bits per heavy atom. The molecule has 0 heterocycles. The van der Waals surface area contributed by atoms with E-state index < -0.39 is 0 Å². The van der Waals surface area contributed by atoms with Gasteiger partial charge < -0.3 is 10.5 Å². The molecule has 1 atom stereocenters. The average Bonchev–Trinajstić information content (AvgIpc) is 2.46. The lowest BCUT2D eigenvalue weighted by molar-refractivity contribution is 0.304.